The molecule has 0 aliphatic heterocycles. The normalized spacial score (nSPS) is 11.7. The van der Waals surface area contributed by atoms with Gasteiger partial charge < -0.3 is 14.6 Å². The van der Waals surface area contributed by atoms with Crippen molar-refractivity contribution in [1.29, 1.82) is 0 Å². The fraction of sp³-hybridized carbons (Fsp3) is 0.100. The van der Waals surface area contributed by atoms with Gasteiger partial charge in [-0.25, -0.2) is 8.78 Å². The highest BCUT2D eigenvalue weighted by Crippen LogP contribution is 2.27. The molecule has 1 aromatic rings. The Morgan fingerprint density at radius 1 is 1.12 bits per heavy atom. The molecule has 0 aromatic heterocycles. The quantitative estimate of drug-likeness (QED) is 0.468. The summed E-state index contributed by atoms with van der Waals surface area (Å²) in [6, 6.07) is 3.58. The van der Waals surface area contributed by atoms with Crippen molar-refractivity contribution in [3.05, 3.63) is 96.6 Å². The Balaban J connectivity index is 2.66. The Morgan fingerprint density at radius 2 is 1.77 bits per heavy atom. The molecule has 0 unspecified atom stereocenters. The monoisotopic (exact) mass is 364 g/mol. The highest BCUT2D eigenvalue weighted by molar-refractivity contribution is 5.49. The van der Waals surface area contributed by atoms with E-state index in [0.717, 1.165) is 19.2 Å². The van der Waals surface area contributed by atoms with Crippen LogP contribution < -0.4 is 4.74 Å². The minimum absolute atomic E-state index is 0.00757. The van der Waals surface area contributed by atoms with E-state index in [-0.39, 0.29) is 23.5 Å². The van der Waals surface area contributed by atoms with E-state index in [0.29, 0.717) is 5.57 Å². The second-order valence-corrected chi connectivity index (χ2v) is 5.15. The number of methoxy groups -OCH3 is 1. The zero-order chi connectivity index (χ0) is 19.9. The Bertz CT molecular complexity index is 805. The molecule has 0 heterocycles. The molecule has 0 saturated heterocycles. The van der Waals surface area contributed by atoms with Crippen LogP contribution in [-0.4, -0.2) is 18.8 Å². The van der Waals surface area contributed by atoms with Crippen molar-refractivity contribution in [2.24, 2.45) is 0 Å². The lowest BCUT2D eigenvalue weighted by Crippen LogP contribution is -1.99. The van der Waals surface area contributed by atoms with E-state index in [1.54, 1.807) is 0 Å². The van der Waals surface area contributed by atoms with E-state index >= 15 is 0 Å². The molecule has 0 aliphatic rings. The van der Waals surface area contributed by atoms with Crippen molar-refractivity contribution in [2.75, 3.05) is 13.7 Å². The Hall–Kier alpha value is -3.15. The maximum absolute atomic E-state index is 13.9. The summed E-state index contributed by atoms with van der Waals surface area (Å²) >= 11 is 0. The molecule has 0 saturated carbocycles. The van der Waals surface area contributed by atoms with Crippen LogP contribution in [0.2, 0.25) is 0 Å². The second-order valence-electron chi connectivity index (χ2n) is 5.15. The number of aromatic hydroxyl groups is 1. The van der Waals surface area contributed by atoms with E-state index in [9.17, 15) is 13.2 Å². The summed E-state index contributed by atoms with van der Waals surface area (Å²) in [7, 11) is 1.16. The molecule has 1 rings (SSSR count). The number of phenols is 1. The predicted octanol–water partition coefficient (Wildman–Crippen LogP) is 5.45. The number of ether oxygens (including phenoxy) is 2. The number of benzene rings is 1. The third kappa shape index (κ3) is 5.73. The Morgan fingerprint density at radius 3 is 2.35 bits per heavy atom. The van der Waals surface area contributed by atoms with Crippen molar-refractivity contribution < 1.29 is 27.8 Å². The van der Waals surface area contributed by atoms with Crippen LogP contribution in [0.1, 0.15) is 0 Å². The van der Waals surface area contributed by atoms with Crippen LogP contribution in [0, 0.1) is 5.82 Å². The maximum atomic E-state index is 13.9. The lowest BCUT2D eigenvalue weighted by Gasteiger charge is -2.08. The number of hydrogen-bond acceptors (Lipinski definition) is 3. The molecule has 138 valence electrons. The Kier molecular flexibility index (Phi) is 7.52. The first-order chi connectivity index (χ1) is 12.2. The van der Waals surface area contributed by atoms with Gasteiger partial charge in [0.2, 0.25) is 5.83 Å². The minimum Gasteiger partial charge on any atom is -0.505 e. The van der Waals surface area contributed by atoms with Crippen molar-refractivity contribution in [3.8, 4) is 11.5 Å². The zero-order valence-corrected chi connectivity index (χ0v) is 14.3. The molecule has 0 radical (unpaired) electrons. The smallest absolute Gasteiger partial charge is 0.200 e. The first kappa shape index (κ1) is 20.9. The van der Waals surface area contributed by atoms with Gasteiger partial charge >= 0.3 is 0 Å². The molecule has 3 nitrogen and oxygen atoms in total. The molecule has 0 amide bonds. The van der Waals surface area contributed by atoms with Crippen molar-refractivity contribution >= 4 is 0 Å². The molecule has 1 N–H and O–H groups in total. The fourth-order valence-electron chi connectivity index (χ4n) is 1.61. The van der Waals surface area contributed by atoms with Gasteiger partial charge in [-0.05, 0) is 23.3 Å². The summed E-state index contributed by atoms with van der Waals surface area (Å²) in [4.78, 5) is 0. The van der Waals surface area contributed by atoms with Gasteiger partial charge in [0.05, 0.1) is 7.11 Å². The van der Waals surface area contributed by atoms with Gasteiger partial charge in [0.1, 0.15) is 18.1 Å². The molecule has 26 heavy (non-hydrogen) atoms. The summed E-state index contributed by atoms with van der Waals surface area (Å²) in [6.07, 6.45) is 2.86. The molecule has 0 spiro atoms. The first-order valence-corrected chi connectivity index (χ1v) is 7.31. The topological polar surface area (TPSA) is 38.7 Å². The molecule has 0 aliphatic carbocycles. The van der Waals surface area contributed by atoms with Crippen molar-refractivity contribution in [1.82, 2.24) is 0 Å². The summed E-state index contributed by atoms with van der Waals surface area (Å²) in [5, 5.41) is 9.10. The molecule has 0 atom stereocenters. The van der Waals surface area contributed by atoms with E-state index in [2.05, 4.69) is 31.1 Å². The highest BCUT2D eigenvalue weighted by Gasteiger charge is 2.14. The largest absolute Gasteiger partial charge is 0.505 e. The number of allylic oxidation sites excluding steroid dienone is 5. The average Bonchev–Trinajstić information content (AvgIpc) is 2.64. The zero-order valence-electron chi connectivity index (χ0n) is 14.3. The van der Waals surface area contributed by atoms with Gasteiger partial charge in [-0.1, -0.05) is 38.5 Å². The predicted molar refractivity (Wildman–Crippen MR) is 95.5 cm³/mol. The molecule has 0 bridgehead atoms. The number of phenolic OH excluding ortho intramolecular Hbond substituents is 1. The number of hydrogen-bond donors (Lipinski definition) is 1. The van der Waals surface area contributed by atoms with Gasteiger partial charge in [0.15, 0.2) is 17.4 Å². The van der Waals surface area contributed by atoms with Gasteiger partial charge in [0.25, 0.3) is 0 Å². The lowest BCUT2D eigenvalue weighted by molar-refractivity contribution is 0.281. The van der Waals surface area contributed by atoms with Gasteiger partial charge in [-0.3, -0.25) is 0 Å². The van der Waals surface area contributed by atoms with Crippen molar-refractivity contribution in [3.63, 3.8) is 0 Å². The average molecular weight is 364 g/mol. The number of rotatable bonds is 9. The Labute approximate surface area is 150 Å². The van der Waals surface area contributed by atoms with Crippen molar-refractivity contribution in [2.45, 2.75) is 0 Å². The summed E-state index contributed by atoms with van der Waals surface area (Å²) in [6.45, 7) is 14.0. The standard InChI is InChI=1S/C20H19F3O3/c1-12(11-26-16-8-9-18(24)17(21)10-16)6-7-13(2)14(3)19(22)20(23)15(4)25-5/h6-10,24H,1-4,11H2,5H3/b7-6-,20-19-. The summed E-state index contributed by atoms with van der Waals surface area (Å²) in [5.74, 6) is -4.04. The van der Waals surface area contributed by atoms with Crippen LogP contribution in [0.5, 0.6) is 11.5 Å². The summed E-state index contributed by atoms with van der Waals surface area (Å²) in [5.41, 5.74) is 0.295. The highest BCUT2D eigenvalue weighted by atomic mass is 19.2. The van der Waals surface area contributed by atoms with Gasteiger partial charge in [-0.2, -0.15) is 4.39 Å². The third-order valence-corrected chi connectivity index (χ3v) is 3.20. The van der Waals surface area contributed by atoms with Gasteiger partial charge in [0, 0.05) is 11.6 Å². The lowest BCUT2D eigenvalue weighted by atomic mass is 10.1. The van der Waals surface area contributed by atoms with E-state index in [1.807, 2.05) is 0 Å². The molecular weight excluding hydrogens is 345 g/mol. The molecule has 0 fully saturated rings. The van der Waals surface area contributed by atoms with Crippen LogP contribution in [0.4, 0.5) is 13.2 Å². The SMILES string of the molecule is C=C(/C=C\C(=C)C(=C)/C(F)=C(/F)C(=C)OC)COc1ccc(O)c(F)c1. The number of halogens is 3. The maximum Gasteiger partial charge on any atom is 0.200 e. The molecule has 6 heteroatoms. The first-order valence-electron chi connectivity index (χ1n) is 7.31. The molecular formula is C20H19F3O3. The van der Waals surface area contributed by atoms with Crippen LogP contribution in [0.25, 0.3) is 0 Å². The summed E-state index contributed by atoms with van der Waals surface area (Å²) < 4.78 is 50.6. The second kappa shape index (κ2) is 9.36. The fourth-order valence-corrected chi connectivity index (χ4v) is 1.61. The van der Waals surface area contributed by atoms with E-state index < -0.39 is 29.0 Å². The van der Waals surface area contributed by atoms with Crippen LogP contribution in [-0.2, 0) is 4.74 Å². The van der Waals surface area contributed by atoms with E-state index in [4.69, 9.17) is 9.84 Å². The minimum atomic E-state index is -1.26. The van der Waals surface area contributed by atoms with Crippen LogP contribution in [0.3, 0.4) is 0 Å². The molecule has 1 aromatic carbocycles. The van der Waals surface area contributed by atoms with Gasteiger partial charge in [-0.15, -0.1) is 0 Å². The van der Waals surface area contributed by atoms with E-state index in [1.165, 1.54) is 18.2 Å². The van der Waals surface area contributed by atoms with Crippen LogP contribution >= 0.6 is 0 Å². The van der Waals surface area contributed by atoms with Crippen LogP contribution in [0.15, 0.2) is 90.8 Å². The third-order valence-electron chi connectivity index (χ3n) is 3.20.